The molecule has 2 aromatic carbocycles. The summed E-state index contributed by atoms with van der Waals surface area (Å²) in [6.45, 7) is 0. The van der Waals surface area contributed by atoms with E-state index < -0.39 is 6.10 Å². The minimum atomic E-state index is -1.07. The second-order valence-corrected chi connectivity index (χ2v) is 4.95. The fourth-order valence-corrected chi connectivity index (χ4v) is 2.31. The van der Waals surface area contributed by atoms with Gasteiger partial charge in [-0.25, -0.2) is 0 Å². The topological polar surface area (TPSA) is 50.2 Å². The number of Topliss-reactive ketones (excluding diaryl/α,β-unsaturated/α-hetero) is 1. The molecule has 0 bridgehead atoms. The van der Waals surface area contributed by atoms with Crippen LogP contribution >= 0.6 is 0 Å². The molecule has 0 aliphatic heterocycles. The Labute approximate surface area is 122 Å². The highest BCUT2D eigenvalue weighted by atomic mass is 16.3. The quantitative estimate of drug-likeness (QED) is 0.746. The maximum atomic E-state index is 12.1. The molecule has 0 radical (unpaired) electrons. The normalized spacial score (nSPS) is 12.2. The number of para-hydroxylation sites is 1. The molecular weight excluding hydrogens is 262 g/mol. The lowest BCUT2D eigenvalue weighted by Gasteiger charge is -2.10. The zero-order chi connectivity index (χ0) is 14.7. The average molecular weight is 277 g/mol. The van der Waals surface area contributed by atoms with E-state index in [9.17, 15) is 9.90 Å². The van der Waals surface area contributed by atoms with Gasteiger partial charge in [-0.2, -0.15) is 0 Å². The standard InChI is InChI=1S/C18H15NO2/c20-17(18(21)14-7-2-1-3-8-14)12-15-11-10-13-6-4-5-9-16(13)19-15/h1-11,17,20H,12H2/t17-/m1/s1. The molecule has 3 nitrogen and oxygen atoms in total. The summed E-state index contributed by atoms with van der Waals surface area (Å²) in [5.74, 6) is -0.273. The van der Waals surface area contributed by atoms with Crippen LogP contribution in [-0.2, 0) is 6.42 Å². The van der Waals surface area contributed by atoms with Crippen LogP contribution in [0.2, 0.25) is 0 Å². The van der Waals surface area contributed by atoms with Crippen LogP contribution in [0, 0.1) is 0 Å². The van der Waals surface area contributed by atoms with Gasteiger partial charge in [0.15, 0.2) is 5.78 Å². The molecule has 1 atom stereocenters. The van der Waals surface area contributed by atoms with Crippen molar-refractivity contribution in [2.75, 3.05) is 0 Å². The van der Waals surface area contributed by atoms with E-state index in [1.54, 1.807) is 24.3 Å². The van der Waals surface area contributed by atoms with E-state index in [2.05, 4.69) is 4.98 Å². The van der Waals surface area contributed by atoms with E-state index in [4.69, 9.17) is 0 Å². The molecule has 3 heteroatoms. The smallest absolute Gasteiger partial charge is 0.191 e. The number of rotatable bonds is 4. The lowest BCUT2D eigenvalue weighted by molar-refractivity contribution is 0.0746. The Hall–Kier alpha value is -2.52. The fourth-order valence-electron chi connectivity index (χ4n) is 2.31. The molecule has 0 fully saturated rings. The van der Waals surface area contributed by atoms with Gasteiger partial charge < -0.3 is 5.11 Å². The van der Waals surface area contributed by atoms with Crippen molar-refractivity contribution in [1.82, 2.24) is 4.98 Å². The number of hydrogen-bond acceptors (Lipinski definition) is 3. The Morgan fingerprint density at radius 3 is 2.48 bits per heavy atom. The number of carbonyl (C=O) groups is 1. The Bertz CT molecular complexity index is 768. The van der Waals surface area contributed by atoms with Gasteiger partial charge in [0.25, 0.3) is 0 Å². The summed E-state index contributed by atoms with van der Waals surface area (Å²) >= 11 is 0. The van der Waals surface area contributed by atoms with Gasteiger partial charge in [-0.05, 0) is 12.1 Å². The molecule has 0 aliphatic carbocycles. The van der Waals surface area contributed by atoms with Gasteiger partial charge in [-0.15, -0.1) is 0 Å². The number of aliphatic hydroxyl groups excluding tert-OH is 1. The third kappa shape index (κ3) is 2.98. The van der Waals surface area contributed by atoms with E-state index in [1.165, 1.54) is 0 Å². The van der Waals surface area contributed by atoms with Gasteiger partial charge in [0.05, 0.1) is 5.52 Å². The SMILES string of the molecule is O=C(c1ccccc1)[C@H](O)Cc1ccc2ccccc2n1. The van der Waals surface area contributed by atoms with E-state index in [0.717, 1.165) is 10.9 Å². The molecule has 104 valence electrons. The fraction of sp³-hybridized carbons (Fsp3) is 0.111. The number of hydrogen-bond donors (Lipinski definition) is 1. The van der Waals surface area contributed by atoms with Crippen molar-refractivity contribution in [2.24, 2.45) is 0 Å². The summed E-state index contributed by atoms with van der Waals surface area (Å²) in [6, 6.07) is 20.4. The summed E-state index contributed by atoms with van der Waals surface area (Å²) in [5, 5.41) is 11.2. The second-order valence-electron chi connectivity index (χ2n) is 4.95. The van der Waals surface area contributed by atoms with Crippen LogP contribution in [0.15, 0.2) is 66.7 Å². The van der Waals surface area contributed by atoms with Crippen molar-refractivity contribution in [3.8, 4) is 0 Å². The van der Waals surface area contributed by atoms with Gasteiger partial charge in [0, 0.05) is 23.1 Å². The minimum absolute atomic E-state index is 0.221. The van der Waals surface area contributed by atoms with E-state index in [-0.39, 0.29) is 12.2 Å². The number of pyridine rings is 1. The molecular formula is C18H15NO2. The lowest BCUT2D eigenvalue weighted by atomic mass is 10.0. The second kappa shape index (κ2) is 5.85. The first-order valence-corrected chi connectivity index (χ1v) is 6.86. The Morgan fingerprint density at radius 1 is 0.952 bits per heavy atom. The van der Waals surface area contributed by atoms with Crippen molar-refractivity contribution < 1.29 is 9.90 Å². The number of ketones is 1. The summed E-state index contributed by atoms with van der Waals surface area (Å²) in [6.07, 6.45) is -0.848. The van der Waals surface area contributed by atoms with Gasteiger partial charge in [-0.1, -0.05) is 54.6 Å². The van der Waals surface area contributed by atoms with Crippen LogP contribution < -0.4 is 0 Å². The number of nitrogens with zero attached hydrogens (tertiary/aromatic N) is 1. The average Bonchev–Trinajstić information content (AvgIpc) is 2.55. The molecule has 3 rings (SSSR count). The van der Waals surface area contributed by atoms with Crippen LogP contribution in [0.1, 0.15) is 16.1 Å². The Kier molecular flexibility index (Phi) is 3.75. The van der Waals surface area contributed by atoms with Crippen molar-refractivity contribution in [3.05, 3.63) is 78.0 Å². The van der Waals surface area contributed by atoms with Crippen molar-refractivity contribution in [2.45, 2.75) is 12.5 Å². The largest absolute Gasteiger partial charge is 0.385 e. The molecule has 0 unspecified atom stereocenters. The van der Waals surface area contributed by atoms with E-state index >= 15 is 0 Å². The van der Waals surface area contributed by atoms with Gasteiger partial charge in [0.1, 0.15) is 6.10 Å². The Balaban J connectivity index is 1.80. The molecule has 0 aliphatic rings. The van der Waals surface area contributed by atoms with Gasteiger partial charge in [-0.3, -0.25) is 9.78 Å². The zero-order valence-corrected chi connectivity index (χ0v) is 11.4. The monoisotopic (exact) mass is 277 g/mol. The summed E-state index contributed by atoms with van der Waals surface area (Å²) < 4.78 is 0. The molecule has 0 spiro atoms. The maximum absolute atomic E-state index is 12.1. The highest BCUT2D eigenvalue weighted by molar-refractivity contribution is 5.99. The number of carbonyl (C=O) groups excluding carboxylic acids is 1. The molecule has 1 heterocycles. The maximum Gasteiger partial charge on any atom is 0.191 e. The lowest BCUT2D eigenvalue weighted by Crippen LogP contribution is -2.23. The third-order valence-corrected chi connectivity index (χ3v) is 3.42. The minimum Gasteiger partial charge on any atom is -0.385 e. The van der Waals surface area contributed by atoms with Crippen LogP contribution in [0.4, 0.5) is 0 Å². The number of aliphatic hydroxyl groups is 1. The zero-order valence-electron chi connectivity index (χ0n) is 11.4. The molecule has 1 aromatic heterocycles. The first kappa shape index (κ1) is 13.5. The number of benzene rings is 2. The highest BCUT2D eigenvalue weighted by Crippen LogP contribution is 2.14. The van der Waals surface area contributed by atoms with Gasteiger partial charge in [0.2, 0.25) is 0 Å². The van der Waals surface area contributed by atoms with Crippen molar-refractivity contribution in [1.29, 1.82) is 0 Å². The predicted octanol–water partition coefficient (Wildman–Crippen LogP) is 3.02. The first-order valence-electron chi connectivity index (χ1n) is 6.86. The molecule has 3 aromatic rings. The molecule has 0 saturated carbocycles. The molecule has 0 amide bonds. The summed E-state index contributed by atoms with van der Waals surface area (Å²) in [4.78, 5) is 16.6. The van der Waals surface area contributed by atoms with Gasteiger partial charge >= 0.3 is 0 Å². The molecule has 21 heavy (non-hydrogen) atoms. The molecule has 1 N–H and O–H groups in total. The van der Waals surface area contributed by atoms with Crippen molar-refractivity contribution >= 4 is 16.7 Å². The Morgan fingerprint density at radius 2 is 1.67 bits per heavy atom. The summed E-state index contributed by atoms with van der Waals surface area (Å²) in [5.41, 5.74) is 2.10. The van der Waals surface area contributed by atoms with E-state index in [1.807, 2.05) is 42.5 Å². The molecule has 0 saturated heterocycles. The van der Waals surface area contributed by atoms with E-state index in [0.29, 0.717) is 11.3 Å². The van der Waals surface area contributed by atoms with Crippen LogP contribution in [-0.4, -0.2) is 22.0 Å². The summed E-state index contributed by atoms with van der Waals surface area (Å²) in [7, 11) is 0. The third-order valence-electron chi connectivity index (χ3n) is 3.42. The predicted molar refractivity (Wildman–Crippen MR) is 82.2 cm³/mol. The van der Waals surface area contributed by atoms with Crippen molar-refractivity contribution in [3.63, 3.8) is 0 Å². The first-order chi connectivity index (χ1) is 10.2. The van der Waals surface area contributed by atoms with Crippen LogP contribution in [0.5, 0.6) is 0 Å². The number of aromatic nitrogens is 1. The number of fused-ring (bicyclic) bond motifs is 1. The van der Waals surface area contributed by atoms with Crippen LogP contribution in [0.25, 0.3) is 10.9 Å². The highest BCUT2D eigenvalue weighted by Gasteiger charge is 2.18. The van der Waals surface area contributed by atoms with Crippen LogP contribution in [0.3, 0.4) is 0 Å².